The van der Waals surface area contributed by atoms with E-state index >= 15 is 0 Å². The van der Waals surface area contributed by atoms with E-state index in [1.807, 2.05) is 28.9 Å². The SMILES string of the molecule is CN=C(NCCn1cc(C)cn1)N1CCN(C(C)=O)CC1.I. The van der Waals surface area contributed by atoms with Crippen molar-refractivity contribution in [3.63, 3.8) is 0 Å². The predicted molar refractivity (Wildman–Crippen MR) is 97.6 cm³/mol. The van der Waals surface area contributed by atoms with Crippen LogP contribution in [0.1, 0.15) is 12.5 Å². The number of piperazine rings is 1. The number of carbonyl (C=O) groups is 1. The third kappa shape index (κ3) is 5.15. The van der Waals surface area contributed by atoms with E-state index in [2.05, 4.69) is 20.3 Å². The van der Waals surface area contributed by atoms with Gasteiger partial charge in [-0.05, 0) is 12.5 Å². The number of hydrogen-bond donors (Lipinski definition) is 1. The number of rotatable bonds is 3. The van der Waals surface area contributed by atoms with E-state index in [1.54, 1.807) is 14.0 Å². The first kappa shape index (κ1) is 18.7. The Morgan fingerprint density at radius 2 is 1.95 bits per heavy atom. The zero-order valence-corrected chi connectivity index (χ0v) is 15.8. The first-order valence-electron chi connectivity index (χ1n) is 7.30. The molecule has 0 spiro atoms. The largest absolute Gasteiger partial charge is 0.354 e. The summed E-state index contributed by atoms with van der Waals surface area (Å²) in [6.45, 7) is 8.39. The highest BCUT2D eigenvalue weighted by atomic mass is 127. The van der Waals surface area contributed by atoms with E-state index < -0.39 is 0 Å². The number of nitrogens with one attached hydrogen (secondary N) is 1. The van der Waals surface area contributed by atoms with Gasteiger partial charge in [0.2, 0.25) is 5.91 Å². The Hall–Kier alpha value is -1.32. The first-order valence-corrected chi connectivity index (χ1v) is 7.30. The zero-order valence-electron chi connectivity index (χ0n) is 13.4. The highest BCUT2D eigenvalue weighted by molar-refractivity contribution is 14.0. The molecule has 1 aliphatic heterocycles. The second-order valence-corrected chi connectivity index (χ2v) is 5.25. The molecule has 0 saturated carbocycles. The monoisotopic (exact) mass is 420 g/mol. The van der Waals surface area contributed by atoms with Gasteiger partial charge in [0.05, 0.1) is 12.7 Å². The number of halogens is 1. The summed E-state index contributed by atoms with van der Waals surface area (Å²) in [5, 5.41) is 7.61. The highest BCUT2D eigenvalue weighted by Crippen LogP contribution is 2.02. The van der Waals surface area contributed by atoms with E-state index in [0.29, 0.717) is 0 Å². The minimum absolute atomic E-state index is 0. The van der Waals surface area contributed by atoms with Crippen molar-refractivity contribution < 1.29 is 4.79 Å². The van der Waals surface area contributed by atoms with Crippen molar-refractivity contribution in [2.24, 2.45) is 4.99 Å². The summed E-state index contributed by atoms with van der Waals surface area (Å²) in [6.07, 6.45) is 3.88. The molecule has 0 aromatic carbocycles. The number of nitrogens with zero attached hydrogens (tertiary/aromatic N) is 5. The molecule has 0 radical (unpaired) electrons. The van der Waals surface area contributed by atoms with E-state index in [-0.39, 0.29) is 29.9 Å². The molecular formula is C14H25IN6O. The number of guanidine groups is 1. The summed E-state index contributed by atoms with van der Waals surface area (Å²) in [4.78, 5) is 19.7. The van der Waals surface area contributed by atoms with Crippen LogP contribution in [-0.2, 0) is 11.3 Å². The van der Waals surface area contributed by atoms with Crippen molar-refractivity contribution in [3.05, 3.63) is 18.0 Å². The fourth-order valence-electron chi connectivity index (χ4n) is 2.44. The maximum Gasteiger partial charge on any atom is 0.219 e. The second-order valence-electron chi connectivity index (χ2n) is 5.25. The predicted octanol–water partition coefficient (Wildman–Crippen LogP) is 0.549. The van der Waals surface area contributed by atoms with Gasteiger partial charge in [0.25, 0.3) is 0 Å². The van der Waals surface area contributed by atoms with Gasteiger partial charge in [0, 0.05) is 52.9 Å². The summed E-state index contributed by atoms with van der Waals surface area (Å²) in [7, 11) is 1.79. The van der Waals surface area contributed by atoms with Crippen LogP contribution in [0, 0.1) is 6.92 Å². The quantitative estimate of drug-likeness (QED) is 0.441. The molecule has 124 valence electrons. The Morgan fingerprint density at radius 1 is 1.32 bits per heavy atom. The van der Waals surface area contributed by atoms with E-state index in [1.165, 1.54) is 5.56 Å². The number of aliphatic imine (C=N–C) groups is 1. The van der Waals surface area contributed by atoms with Gasteiger partial charge < -0.3 is 15.1 Å². The smallest absolute Gasteiger partial charge is 0.219 e. The van der Waals surface area contributed by atoms with Gasteiger partial charge in [-0.1, -0.05) is 0 Å². The molecule has 1 N–H and O–H groups in total. The summed E-state index contributed by atoms with van der Waals surface area (Å²) in [5.41, 5.74) is 1.17. The maximum atomic E-state index is 11.3. The molecule has 0 unspecified atom stereocenters. The van der Waals surface area contributed by atoms with Crippen molar-refractivity contribution in [3.8, 4) is 0 Å². The molecule has 1 fully saturated rings. The third-order valence-electron chi connectivity index (χ3n) is 3.62. The molecule has 0 aliphatic carbocycles. The maximum absolute atomic E-state index is 11.3. The minimum atomic E-state index is 0. The molecule has 2 rings (SSSR count). The normalized spacial score (nSPS) is 15.5. The fraction of sp³-hybridized carbons (Fsp3) is 0.643. The second kappa shape index (κ2) is 8.96. The molecule has 8 heteroatoms. The lowest BCUT2D eigenvalue weighted by Crippen LogP contribution is -2.53. The van der Waals surface area contributed by atoms with Gasteiger partial charge in [0.15, 0.2) is 5.96 Å². The molecule has 7 nitrogen and oxygen atoms in total. The minimum Gasteiger partial charge on any atom is -0.354 e. The first-order chi connectivity index (χ1) is 10.1. The summed E-state index contributed by atoms with van der Waals surface area (Å²) >= 11 is 0. The number of amides is 1. The van der Waals surface area contributed by atoms with Crippen LogP contribution in [0.25, 0.3) is 0 Å². The van der Waals surface area contributed by atoms with Gasteiger partial charge >= 0.3 is 0 Å². The summed E-state index contributed by atoms with van der Waals surface area (Å²) < 4.78 is 1.92. The molecule has 2 heterocycles. The van der Waals surface area contributed by atoms with Gasteiger partial charge in [-0.3, -0.25) is 14.5 Å². The van der Waals surface area contributed by atoms with Crippen molar-refractivity contribution in [2.75, 3.05) is 39.8 Å². The van der Waals surface area contributed by atoms with Crippen LogP contribution in [0.15, 0.2) is 17.4 Å². The van der Waals surface area contributed by atoms with Gasteiger partial charge in [-0.15, -0.1) is 24.0 Å². The average molecular weight is 420 g/mol. The van der Waals surface area contributed by atoms with Crippen LogP contribution in [0.4, 0.5) is 0 Å². The number of carbonyl (C=O) groups excluding carboxylic acids is 1. The standard InChI is InChI=1S/C14H24N6O.HI/c1-12-10-17-20(11-12)5-4-16-14(15-3)19-8-6-18(7-9-19)13(2)21;/h10-11H,4-9H2,1-3H3,(H,15,16);1H. The molecule has 1 aromatic rings. The lowest BCUT2D eigenvalue weighted by atomic mass is 10.3. The average Bonchev–Trinajstić information content (AvgIpc) is 2.89. The fourth-order valence-corrected chi connectivity index (χ4v) is 2.44. The number of aromatic nitrogens is 2. The summed E-state index contributed by atoms with van der Waals surface area (Å²) in [5.74, 6) is 1.04. The Morgan fingerprint density at radius 3 is 2.45 bits per heavy atom. The van der Waals surface area contributed by atoms with Crippen LogP contribution in [0.2, 0.25) is 0 Å². The Kier molecular flexibility index (Phi) is 7.63. The number of aryl methyl sites for hydroxylation is 1. The van der Waals surface area contributed by atoms with Crippen LogP contribution >= 0.6 is 24.0 Å². The zero-order chi connectivity index (χ0) is 15.2. The summed E-state index contributed by atoms with van der Waals surface area (Å²) in [6, 6.07) is 0. The lowest BCUT2D eigenvalue weighted by molar-refractivity contribution is -0.130. The molecule has 1 saturated heterocycles. The Balaban J connectivity index is 0.00000242. The van der Waals surface area contributed by atoms with E-state index in [4.69, 9.17) is 0 Å². The van der Waals surface area contributed by atoms with Crippen LogP contribution < -0.4 is 5.32 Å². The van der Waals surface area contributed by atoms with Gasteiger partial charge in [-0.2, -0.15) is 5.10 Å². The van der Waals surface area contributed by atoms with Crippen LogP contribution in [-0.4, -0.2) is 71.2 Å². The third-order valence-corrected chi connectivity index (χ3v) is 3.62. The molecular weight excluding hydrogens is 395 g/mol. The lowest BCUT2D eigenvalue weighted by Gasteiger charge is -2.36. The van der Waals surface area contributed by atoms with Crippen molar-refractivity contribution in [1.82, 2.24) is 24.9 Å². The highest BCUT2D eigenvalue weighted by Gasteiger charge is 2.20. The van der Waals surface area contributed by atoms with Crippen molar-refractivity contribution >= 4 is 35.8 Å². The van der Waals surface area contributed by atoms with E-state index in [9.17, 15) is 4.79 Å². The molecule has 1 aromatic heterocycles. The molecule has 22 heavy (non-hydrogen) atoms. The number of hydrogen-bond acceptors (Lipinski definition) is 3. The molecule has 0 atom stereocenters. The van der Waals surface area contributed by atoms with Crippen LogP contribution in [0.5, 0.6) is 0 Å². The molecule has 0 bridgehead atoms. The van der Waals surface area contributed by atoms with E-state index in [0.717, 1.165) is 45.2 Å². The van der Waals surface area contributed by atoms with Crippen molar-refractivity contribution in [2.45, 2.75) is 20.4 Å². The molecule has 1 amide bonds. The van der Waals surface area contributed by atoms with Crippen LogP contribution in [0.3, 0.4) is 0 Å². The Bertz CT molecular complexity index is 507. The Labute approximate surface area is 148 Å². The van der Waals surface area contributed by atoms with Gasteiger partial charge in [0.1, 0.15) is 0 Å². The topological polar surface area (TPSA) is 65.8 Å². The van der Waals surface area contributed by atoms with Crippen molar-refractivity contribution in [1.29, 1.82) is 0 Å². The molecule has 1 aliphatic rings. The van der Waals surface area contributed by atoms with Gasteiger partial charge in [-0.25, -0.2) is 0 Å².